The molecule has 1 aromatic carbocycles. The largest absolute Gasteiger partial charge is 0.462 e. The van der Waals surface area contributed by atoms with Gasteiger partial charge < -0.3 is 35.9 Å². The van der Waals surface area contributed by atoms with Gasteiger partial charge in [0.2, 0.25) is 5.95 Å². The summed E-state index contributed by atoms with van der Waals surface area (Å²) in [6.07, 6.45) is 12.3. The van der Waals surface area contributed by atoms with Gasteiger partial charge in [-0.1, -0.05) is 12.8 Å². The van der Waals surface area contributed by atoms with Crippen molar-refractivity contribution in [1.29, 1.82) is 0 Å². The fourth-order valence-electron chi connectivity index (χ4n) is 6.50. The number of imidazole rings is 1. The molecule has 0 spiro atoms. The number of hydrogen-bond acceptors (Lipinski definition) is 9. The lowest BCUT2D eigenvalue weighted by molar-refractivity contribution is 0.0526. The van der Waals surface area contributed by atoms with E-state index in [1.54, 1.807) is 31.2 Å². The van der Waals surface area contributed by atoms with Gasteiger partial charge in [-0.05, 0) is 82.6 Å². The van der Waals surface area contributed by atoms with Crippen LogP contribution >= 0.6 is 24.8 Å². The second-order valence-electron chi connectivity index (χ2n) is 12.0. The van der Waals surface area contributed by atoms with Crippen molar-refractivity contribution in [2.75, 3.05) is 35.6 Å². The second-order valence-corrected chi connectivity index (χ2v) is 12.0. The Kier molecular flexibility index (Phi) is 12.1. The van der Waals surface area contributed by atoms with Crippen molar-refractivity contribution in [3.8, 4) is 0 Å². The average Bonchev–Trinajstić information content (AvgIpc) is 3.70. The van der Waals surface area contributed by atoms with E-state index in [0.29, 0.717) is 49.0 Å². The Bertz CT molecular complexity index is 1420. The van der Waals surface area contributed by atoms with Gasteiger partial charge in [-0.3, -0.25) is 0 Å². The van der Waals surface area contributed by atoms with E-state index in [1.807, 2.05) is 11.2 Å². The molecule has 2 saturated carbocycles. The molecule has 0 unspecified atom stereocenters. The van der Waals surface area contributed by atoms with E-state index in [-0.39, 0.29) is 48.9 Å². The van der Waals surface area contributed by atoms with Crippen LogP contribution in [-0.2, 0) is 4.74 Å². The molecule has 0 atom stereocenters. The van der Waals surface area contributed by atoms with Crippen LogP contribution in [0.3, 0.4) is 0 Å². The number of rotatable bonds is 8. The summed E-state index contributed by atoms with van der Waals surface area (Å²) in [5.74, 6) is 1.02. The number of amides is 2. The molecule has 45 heavy (non-hydrogen) atoms. The number of urea groups is 1. The van der Waals surface area contributed by atoms with Crippen LogP contribution in [0, 0.1) is 0 Å². The van der Waals surface area contributed by atoms with E-state index in [1.165, 1.54) is 12.8 Å². The molecule has 3 heterocycles. The van der Waals surface area contributed by atoms with E-state index in [2.05, 4.69) is 20.5 Å². The molecule has 6 rings (SSSR count). The van der Waals surface area contributed by atoms with E-state index < -0.39 is 0 Å². The summed E-state index contributed by atoms with van der Waals surface area (Å²) < 4.78 is 7.27. The van der Waals surface area contributed by atoms with Crippen molar-refractivity contribution >= 4 is 65.4 Å². The van der Waals surface area contributed by atoms with Crippen molar-refractivity contribution in [3.63, 3.8) is 0 Å². The van der Waals surface area contributed by atoms with Crippen LogP contribution < -0.4 is 21.7 Å². The predicted octanol–water partition coefficient (Wildman–Crippen LogP) is 5.75. The molecular formula is C31H45Cl2N9O3. The number of nitrogens with one attached hydrogen (secondary N) is 3. The van der Waals surface area contributed by atoms with Crippen molar-refractivity contribution in [2.24, 2.45) is 5.73 Å². The Balaban J connectivity index is 0.00000230. The highest BCUT2D eigenvalue weighted by Gasteiger charge is 2.27. The summed E-state index contributed by atoms with van der Waals surface area (Å²) in [5.41, 5.74) is 8.91. The number of esters is 1. The van der Waals surface area contributed by atoms with E-state index in [0.717, 1.165) is 68.3 Å². The summed E-state index contributed by atoms with van der Waals surface area (Å²) in [4.78, 5) is 41.3. The number of likely N-dealkylation sites (tertiary alicyclic amines) is 1. The highest BCUT2D eigenvalue weighted by molar-refractivity contribution is 5.92. The molecule has 12 nitrogen and oxygen atoms in total. The number of halogens is 2. The van der Waals surface area contributed by atoms with Crippen LogP contribution in [-0.4, -0.2) is 74.2 Å². The zero-order chi connectivity index (χ0) is 29.8. The standard InChI is InChI=1S/C31H43N9O3.2ClH/c1-2-43-29(41)20-7-11-23(12-8-20)36-31(42)39-17-15-24(16-18-39)34-27-26-28(40(19-33-26)25-5-3-4-6-25)38-30(37-27)35-22-13-9-21(32)10-14-22;;/h7-8,11-12,19,21-22,24-25H,2-6,9-10,13-18,32H2,1H3,(H,36,42)(H2,34,35,37,38);2*1H/t21-,22-;;. The van der Waals surface area contributed by atoms with E-state index in [9.17, 15) is 9.59 Å². The first-order valence-electron chi connectivity index (χ1n) is 15.8. The fourth-order valence-corrected chi connectivity index (χ4v) is 6.50. The van der Waals surface area contributed by atoms with Crippen LogP contribution in [0.2, 0.25) is 0 Å². The maximum atomic E-state index is 13.0. The van der Waals surface area contributed by atoms with Crippen molar-refractivity contribution in [1.82, 2.24) is 24.4 Å². The molecular weight excluding hydrogens is 617 g/mol. The number of aromatic nitrogens is 4. The fraction of sp³-hybridized carbons (Fsp3) is 0.581. The highest BCUT2D eigenvalue weighted by atomic mass is 35.5. The first-order chi connectivity index (χ1) is 21.0. The molecule has 3 aromatic rings. The first-order valence-corrected chi connectivity index (χ1v) is 15.8. The Morgan fingerprint density at radius 3 is 2.24 bits per heavy atom. The number of nitrogens with zero attached hydrogens (tertiary/aromatic N) is 5. The molecule has 1 aliphatic heterocycles. The highest BCUT2D eigenvalue weighted by Crippen LogP contribution is 2.34. The Morgan fingerprint density at radius 2 is 1.58 bits per heavy atom. The zero-order valence-corrected chi connectivity index (χ0v) is 27.4. The number of benzene rings is 1. The molecule has 2 amide bonds. The number of anilines is 3. The third-order valence-corrected chi connectivity index (χ3v) is 9.01. The van der Waals surface area contributed by atoms with Gasteiger partial charge in [0.1, 0.15) is 0 Å². The lowest BCUT2D eigenvalue weighted by Crippen LogP contribution is -2.44. The van der Waals surface area contributed by atoms with Crippen LogP contribution in [0.25, 0.3) is 11.2 Å². The van der Waals surface area contributed by atoms with Gasteiger partial charge in [-0.15, -0.1) is 24.8 Å². The number of carbonyl (C=O) groups excluding carboxylic acids is 2. The summed E-state index contributed by atoms with van der Waals surface area (Å²) in [7, 11) is 0. The molecule has 0 bridgehead atoms. The zero-order valence-electron chi connectivity index (χ0n) is 25.7. The smallest absolute Gasteiger partial charge is 0.338 e. The van der Waals surface area contributed by atoms with E-state index in [4.69, 9.17) is 25.4 Å². The minimum absolute atomic E-state index is 0. The molecule has 2 aliphatic carbocycles. The average molecular weight is 663 g/mol. The third-order valence-electron chi connectivity index (χ3n) is 9.01. The Hall–Kier alpha value is -3.35. The molecule has 5 N–H and O–H groups in total. The summed E-state index contributed by atoms with van der Waals surface area (Å²) in [6, 6.07) is 7.79. The van der Waals surface area contributed by atoms with Gasteiger partial charge in [0.05, 0.1) is 18.5 Å². The van der Waals surface area contributed by atoms with Gasteiger partial charge in [-0.2, -0.15) is 9.97 Å². The summed E-state index contributed by atoms with van der Waals surface area (Å²) in [6.45, 7) is 3.32. The Morgan fingerprint density at radius 1 is 0.911 bits per heavy atom. The Labute approximate surface area is 276 Å². The molecule has 3 aliphatic rings. The lowest BCUT2D eigenvalue weighted by atomic mass is 9.92. The number of hydrogen-bond donors (Lipinski definition) is 4. The predicted molar refractivity (Wildman–Crippen MR) is 181 cm³/mol. The number of ether oxygens (including phenoxy) is 1. The molecule has 246 valence electrons. The van der Waals surface area contributed by atoms with Gasteiger partial charge in [0.25, 0.3) is 0 Å². The summed E-state index contributed by atoms with van der Waals surface area (Å²) in [5, 5.41) is 10.2. The molecule has 2 aromatic heterocycles. The minimum Gasteiger partial charge on any atom is -0.462 e. The number of piperidine rings is 1. The third kappa shape index (κ3) is 8.28. The maximum Gasteiger partial charge on any atom is 0.338 e. The van der Waals surface area contributed by atoms with Crippen LogP contribution in [0.5, 0.6) is 0 Å². The SMILES string of the molecule is CCOC(=O)c1ccc(NC(=O)N2CCC(Nc3nc(N[C@H]4CC[C@H](N)CC4)nc4c3ncn4C3CCCC3)CC2)cc1.Cl.Cl. The molecule has 1 saturated heterocycles. The molecule has 0 radical (unpaired) electrons. The topological polar surface area (TPSA) is 152 Å². The summed E-state index contributed by atoms with van der Waals surface area (Å²) >= 11 is 0. The van der Waals surface area contributed by atoms with Crippen molar-refractivity contribution in [3.05, 3.63) is 36.2 Å². The first kappa shape index (κ1) is 34.5. The number of nitrogens with two attached hydrogens (primary N) is 1. The van der Waals surface area contributed by atoms with Gasteiger partial charge >= 0.3 is 12.0 Å². The van der Waals surface area contributed by atoms with Crippen LogP contribution in [0.15, 0.2) is 30.6 Å². The maximum absolute atomic E-state index is 13.0. The quantitative estimate of drug-likeness (QED) is 0.221. The van der Waals surface area contributed by atoms with Crippen molar-refractivity contribution in [2.45, 2.75) is 95.3 Å². The minimum atomic E-state index is -0.372. The van der Waals surface area contributed by atoms with Crippen molar-refractivity contribution < 1.29 is 14.3 Å². The molecule has 3 fully saturated rings. The van der Waals surface area contributed by atoms with Crippen LogP contribution in [0.1, 0.15) is 87.5 Å². The second kappa shape index (κ2) is 15.8. The van der Waals surface area contributed by atoms with Crippen LogP contribution in [0.4, 0.5) is 22.2 Å². The number of fused-ring (bicyclic) bond motifs is 1. The number of carbonyl (C=O) groups is 2. The van der Waals surface area contributed by atoms with Gasteiger partial charge in [-0.25, -0.2) is 14.6 Å². The monoisotopic (exact) mass is 661 g/mol. The van der Waals surface area contributed by atoms with Gasteiger partial charge in [0, 0.05) is 42.9 Å². The normalized spacial score (nSPS) is 20.6. The van der Waals surface area contributed by atoms with E-state index >= 15 is 0 Å². The molecule has 14 heteroatoms. The van der Waals surface area contributed by atoms with Gasteiger partial charge in [0.15, 0.2) is 17.0 Å². The lowest BCUT2D eigenvalue weighted by Gasteiger charge is -2.32.